The van der Waals surface area contributed by atoms with Crippen LogP contribution in [-0.2, 0) is 12.8 Å². The van der Waals surface area contributed by atoms with Crippen LogP contribution in [0, 0.1) is 5.41 Å². The topological polar surface area (TPSA) is 105 Å². The number of amides is 1. The van der Waals surface area contributed by atoms with Gasteiger partial charge in [0.05, 0.1) is 0 Å². The second-order valence-electron chi connectivity index (χ2n) is 6.65. The number of Topliss-reactive ketones (excluding diaryl/α,β-unsaturated/α-hetero) is 1. The van der Waals surface area contributed by atoms with Gasteiger partial charge in [0.1, 0.15) is 10.6 Å². The number of fused-ring (bicyclic) bond motifs is 1. The molecule has 3 rings (SSSR count). The van der Waals surface area contributed by atoms with Gasteiger partial charge < -0.3 is 4.98 Å². The number of aryl methyl sites for hydroxylation is 1. The van der Waals surface area contributed by atoms with Crippen molar-refractivity contribution in [3.63, 3.8) is 0 Å². The molecule has 0 aromatic carbocycles. The van der Waals surface area contributed by atoms with Gasteiger partial charge in [-0.05, 0) is 24.3 Å². The fourth-order valence-electron chi connectivity index (χ4n) is 2.81. The number of aromatic amines is 1. The number of carbonyl (C=O) groups excluding carboxylic acids is 2. The van der Waals surface area contributed by atoms with Gasteiger partial charge in [-0.1, -0.05) is 32.1 Å². The fourth-order valence-corrected chi connectivity index (χ4v) is 3.48. The number of aromatic nitrogens is 3. The van der Waals surface area contributed by atoms with Crippen LogP contribution in [0.1, 0.15) is 58.6 Å². The molecule has 0 bridgehead atoms. The van der Waals surface area contributed by atoms with Gasteiger partial charge in [-0.3, -0.25) is 19.7 Å². The summed E-state index contributed by atoms with van der Waals surface area (Å²) in [5.74, 6) is -0.647. The van der Waals surface area contributed by atoms with Crippen LogP contribution in [0.15, 0.2) is 10.9 Å². The maximum Gasteiger partial charge on any atom is 0.263 e. The van der Waals surface area contributed by atoms with E-state index in [4.69, 9.17) is 0 Å². The fraction of sp³-hybridized carbons (Fsp3) is 0.438. The number of ketones is 1. The molecule has 0 saturated carbocycles. The van der Waals surface area contributed by atoms with Gasteiger partial charge in [0.2, 0.25) is 5.13 Å². The first-order chi connectivity index (χ1) is 11.3. The van der Waals surface area contributed by atoms with Crippen molar-refractivity contribution in [2.45, 2.75) is 40.0 Å². The zero-order valence-corrected chi connectivity index (χ0v) is 14.5. The first-order valence-electron chi connectivity index (χ1n) is 7.72. The maximum atomic E-state index is 12.3. The molecule has 0 fully saturated rings. The van der Waals surface area contributed by atoms with Crippen molar-refractivity contribution < 1.29 is 9.59 Å². The highest BCUT2D eigenvalue weighted by atomic mass is 32.1. The Bertz CT molecular complexity index is 882. The van der Waals surface area contributed by atoms with E-state index < -0.39 is 11.5 Å². The second kappa shape index (κ2) is 5.94. The minimum atomic E-state index is -0.588. The number of pyridine rings is 1. The van der Waals surface area contributed by atoms with Gasteiger partial charge in [-0.15, -0.1) is 10.2 Å². The van der Waals surface area contributed by atoms with E-state index in [2.05, 4.69) is 20.5 Å². The Morgan fingerprint density at radius 1 is 1.33 bits per heavy atom. The van der Waals surface area contributed by atoms with E-state index in [-0.39, 0.29) is 16.8 Å². The minimum Gasteiger partial charge on any atom is -0.325 e. The molecule has 0 unspecified atom stereocenters. The van der Waals surface area contributed by atoms with Crippen molar-refractivity contribution in [2.24, 2.45) is 5.41 Å². The number of anilines is 1. The summed E-state index contributed by atoms with van der Waals surface area (Å²) in [6.45, 7) is 5.90. The molecule has 0 radical (unpaired) electrons. The number of carbonyl (C=O) groups is 2. The number of H-pyrrole nitrogens is 1. The number of rotatable bonds is 3. The van der Waals surface area contributed by atoms with Crippen molar-refractivity contribution in [1.29, 1.82) is 0 Å². The Labute approximate surface area is 142 Å². The number of nitrogens with one attached hydrogen (secondary N) is 2. The van der Waals surface area contributed by atoms with Crippen molar-refractivity contribution >= 4 is 28.2 Å². The lowest BCUT2D eigenvalue weighted by Gasteiger charge is -2.29. The SMILES string of the molecule is CCc1nnc(NC(=O)c2cc3c([nH]c2=O)CC(C)(C)CC3=O)s1. The van der Waals surface area contributed by atoms with Gasteiger partial charge in [-0.25, -0.2) is 0 Å². The van der Waals surface area contributed by atoms with Crippen LogP contribution in [0.3, 0.4) is 0 Å². The average molecular weight is 346 g/mol. The molecule has 2 aromatic rings. The molecule has 1 aliphatic rings. The van der Waals surface area contributed by atoms with E-state index in [1.807, 2.05) is 20.8 Å². The highest BCUT2D eigenvalue weighted by Crippen LogP contribution is 2.33. The van der Waals surface area contributed by atoms with Crippen LogP contribution in [0.2, 0.25) is 0 Å². The molecule has 0 spiro atoms. The van der Waals surface area contributed by atoms with Crippen LogP contribution >= 0.6 is 11.3 Å². The molecular formula is C16H18N4O3S. The maximum absolute atomic E-state index is 12.3. The lowest BCUT2D eigenvalue weighted by atomic mass is 9.75. The molecule has 7 nitrogen and oxygen atoms in total. The standard InChI is InChI=1S/C16H18N4O3S/c1-4-12-19-20-15(24-12)18-14(23)9-5-8-10(17-13(9)22)6-16(2,3)7-11(8)21/h5H,4,6-7H2,1-3H3,(H,17,22)(H,18,20,23). The zero-order valence-electron chi connectivity index (χ0n) is 13.7. The monoisotopic (exact) mass is 346 g/mol. The van der Waals surface area contributed by atoms with E-state index in [9.17, 15) is 14.4 Å². The van der Waals surface area contributed by atoms with Crippen LogP contribution in [0.25, 0.3) is 0 Å². The van der Waals surface area contributed by atoms with E-state index in [0.717, 1.165) is 11.4 Å². The van der Waals surface area contributed by atoms with Crippen molar-refractivity contribution in [2.75, 3.05) is 5.32 Å². The van der Waals surface area contributed by atoms with Gasteiger partial charge in [0.25, 0.3) is 11.5 Å². The molecule has 0 aliphatic heterocycles. The van der Waals surface area contributed by atoms with Crippen LogP contribution < -0.4 is 10.9 Å². The molecule has 1 amide bonds. The molecule has 0 atom stereocenters. The Morgan fingerprint density at radius 2 is 2.08 bits per heavy atom. The Kier molecular flexibility index (Phi) is 4.08. The van der Waals surface area contributed by atoms with Gasteiger partial charge in [-0.2, -0.15) is 0 Å². The van der Waals surface area contributed by atoms with Gasteiger partial charge in [0.15, 0.2) is 5.78 Å². The first kappa shape index (κ1) is 16.5. The molecular weight excluding hydrogens is 328 g/mol. The normalized spacial score (nSPS) is 15.9. The Morgan fingerprint density at radius 3 is 2.75 bits per heavy atom. The van der Waals surface area contributed by atoms with Gasteiger partial charge >= 0.3 is 0 Å². The van der Waals surface area contributed by atoms with Crippen molar-refractivity contribution in [3.05, 3.63) is 38.2 Å². The van der Waals surface area contributed by atoms with Gasteiger partial charge in [0, 0.05) is 17.7 Å². The molecule has 24 heavy (non-hydrogen) atoms. The first-order valence-corrected chi connectivity index (χ1v) is 8.54. The molecule has 126 valence electrons. The average Bonchev–Trinajstić information content (AvgIpc) is 2.92. The predicted molar refractivity (Wildman–Crippen MR) is 90.7 cm³/mol. The van der Waals surface area contributed by atoms with Crippen molar-refractivity contribution in [1.82, 2.24) is 15.2 Å². The van der Waals surface area contributed by atoms with E-state index in [1.165, 1.54) is 17.4 Å². The lowest BCUT2D eigenvalue weighted by Crippen LogP contribution is -2.32. The molecule has 1 aliphatic carbocycles. The molecule has 2 aromatic heterocycles. The summed E-state index contributed by atoms with van der Waals surface area (Å²) >= 11 is 1.26. The number of hydrogen-bond donors (Lipinski definition) is 2. The van der Waals surface area contributed by atoms with Crippen LogP contribution in [0.4, 0.5) is 5.13 Å². The quantitative estimate of drug-likeness (QED) is 0.886. The third-order valence-corrected chi connectivity index (χ3v) is 4.94. The molecule has 2 heterocycles. The molecule has 8 heteroatoms. The number of nitrogens with zero attached hydrogens (tertiary/aromatic N) is 2. The second-order valence-corrected chi connectivity index (χ2v) is 7.72. The summed E-state index contributed by atoms with van der Waals surface area (Å²) in [4.78, 5) is 39.6. The Hall–Kier alpha value is -2.35. The van der Waals surface area contributed by atoms with Crippen LogP contribution in [-0.4, -0.2) is 26.9 Å². The third-order valence-electron chi connectivity index (χ3n) is 3.95. The number of hydrogen-bond acceptors (Lipinski definition) is 6. The largest absolute Gasteiger partial charge is 0.325 e. The summed E-state index contributed by atoms with van der Waals surface area (Å²) in [7, 11) is 0. The van der Waals surface area contributed by atoms with E-state index in [1.54, 1.807) is 0 Å². The zero-order chi connectivity index (χ0) is 17.5. The highest BCUT2D eigenvalue weighted by molar-refractivity contribution is 7.15. The van der Waals surface area contributed by atoms with Crippen molar-refractivity contribution in [3.8, 4) is 0 Å². The smallest absolute Gasteiger partial charge is 0.263 e. The predicted octanol–water partition coefficient (Wildman–Crippen LogP) is 2.20. The lowest BCUT2D eigenvalue weighted by molar-refractivity contribution is 0.0910. The summed E-state index contributed by atoms with van der Waals surface area (Å²) in [6, 6.07) is 1.39. The molecule has 0 saturated heterocycles. The summed E-state index contributed by atoms with van der Waals surface area (Å²) < 4.78 is 0. The Balaban J connectivity index is 1.92. The van der Waals surface area contributed by atoms with E-state index >= 15 is 0 Å². The summed E-state index contributed by atoms with van der Waals surface area (Å²) in [5, 5.41) is 11.5. The third kappa shape index (κ3) is 3.14. The summed E-state index contributed by atoms with van der Waals surface area (Å²) in [6.07, 6.45) is 1.71. The molecule has 2 N–H and O–H groups in total. The van der Waals surface area contributed by atoms with Crippen LogP contribution in [0.5, 0.6) is 0 Å². The highest BCUT2D eigenvalue weighted by Gasteiger charge is 2.32. The van der Waals surface area contributed by atoms with E-state index in [0.29, 0.717) is 29.2 Å². The summed E-state index contributed by atoms with van der Waals surface area (Å²) in [5.41, 5.74) is 0.236. The minimum absolute atomic E-state index is 0.0595.